The van der Waals surface area contributed by atoms with Crippen LogP contribution in [0.25, 0.3) is 10.9 Å². The highest BCUT2D eigenvalue weighted by atomic mass is 19.1. The van der Waals surface area contributed by atoms with Crippen molar-refractivity contribution in [3.63, 3.8) is 0 Å². The number of pyridine rings is 1. The van der Waals surface area contributed by atoms with E-state index in [-0.39, 0.29) is 16.5 Å². The summed E-state index contributed by atoms with van der Waals surface area (Å²) in [6.07, 6.45) is 1.40. The van der Waals surface area contributed by atoms with E-state index in [1.54, 1.807) is 35.9 Å². The number of amides is 1. The Labute approximate surface area is 136 Å². The normalized spacial score (nSPS) is 10.4. The van der Waals surface area contributed by atoms with Crippen LogP contribution in [0.15, 0.2) is 53.5 Å². The third kappa shape index (κ3) is 2.63. The number of carbonyl (C=O) groups is 1. The van der Waals surface area contributed by atoms with Gasteiger partial charge in [0.05, 0.1) is 16.8 Å². The largest absolute Gasteiger partial charge is 0.350 e. The monoisotopic (exact) mass is 321 g/mol. The molecule has 24 heavy (non-hydrogen) atoms. The number of para-hydroxylation sites is 1. The zero-order chi connectivity index (χ0) is 17.3. The predicted molar refractivity (Wildman–Crippen MR) is 88.3 cm³/mol. The summed E-state index contributed by atoms with van der Waals surface area (Å²) in [6.45, 7) is 0. The first-order valence-corrected chi connectivity index (χ1v) is 7.10. The molecule has 0 bridgehead atoms. The van der Waals surface area contributed by atoms with Crippen LogP contribution in [0.1, 0.15) is 15.9 Å². The molecule has 0 saturated heterocycles. The zero-order valence-corrected chi connectivity index (χ0v) is 12.7. The van der Waals surface area contributed by atoms with Crippen molar-refractivity contribution in [2.75, 3.05) is 5.32 Å². The number of carbonyl (C=O) groups excluding carboxylic acids is 1. The number of aryl methyl sites for hydroxylation is 1. The van der Waals surface area contributed by atoms with Crippen LogP contribution >= 0.6 is 0 Å². The Hall–Kier alpha value is -3.46. The Morgan fingerprint density at radius 2 is 2.00 bits per heavy atom. The molecule has 3 rings (SSSR count). The highest BCUT2D eigenvalue weighted by Gasteiger charge is 2.16. The van der Waals surface area contributed by atoms with Gasteiger partial charge in [-0.05, 0) is 30.3 Å². The van der Waals surface area contributed by atoms with Crippen molar-refractivity contribution in [1.29, 1.82) is 5.26 Å². The van der Waals surface area contributed by atoms with Gasteiger partial charge in [-0.15, -0.1) is 0 Å². The van der Waals surface area contributed by atoms with Gasteiger partial charge in [0, 0.05) is 18.6 Å². The molecule has 0 saturated carbocycles. The molecule has 118 valence electrons. The summed E-state index contributed by atoms with van der Waals surface area (Å²) < 4.78 is 15.0. The Morgan fingerprint density at radius 3 is 2.75 bits per heavy atom. The Morgan fingerprint density at radius 1 is 1.25 bits per heavy atom. The van der Waals surface area contributed by atoms with Crippen molar-refractivity contribution in [1.82, 2.24) is 4.57 Å². The van der Waals surface area contributed by atoms with Gasteiger partial charge in [0.15, 0.2) is 0 Å². The van der Waals surface area contributed by atoms with E-state index < -0.39 is 17.2 Å². The fourth-order valence-corrected chi connectivity index (χ4v) is 2.51. The Bertz CT molecular complexity index is 1060. The molecule has 1 heterocycles. The number of nitrogens with zero attached hydrogens (tertiary/aromatic N) is 2. The molecule has 3 aromatic rings. The van der Waals surface area contributed by atoms with E-state index in [0.29, 0.717) is 11.2 Å². The van der Waals surface area contributed by atoms with Crippen LogP contribution in [0.4, 0.5) is 10.1 Å². The van der Waals surface area contributed by atoms with Gasteiger partial charge in [0.1, 0.15) is 17.4 Å². The molecular formula is C18H12FN3O2. The van der Waals surface area contributed by atoms with Gasteiger partial charge in [0.25, 0.3) is 5.91 Å². The third-order valence-electron chi connectivity index (χ3n) is 3.69. The van der Waals surface area contributed by atoms with E-state index in [1.165, 1.54) is 18.3 Å². The van der Waals surface area contributed by atoms with Crippen molar-refractivity contribution in [2.24, 2.45) is 7.05 Å². The second-order valence-electron chi connectivity index (χ2n) is 5.26. The number of rotatable bonds is 2. The summed E-state index contributed by atoms with van der Waals surface area (Å²) in [6, 6.07) is 12.3. The van der Waals surface area contributed by atoms with Gasteiger partial charge in [-0.25, -0.2) is 4.39 Å². The fraction of sp³-hybridized carbons (Fsp3) is 0.0556. The maximum atomic E-state index is 13.4. The maximum absolute atomic E-state index is 13.4. The van der Waals surface area contributed by atoms with Crippen LogP contribution in [0.3, 0.4) is 0 Å². The van der Waals surface area contributed by atoms with Crippen LogP contribution < -0.4 is 10.7 Å². The molecule has 6 heteroatoms. The number of hydrogen-bond donors (Lipinski definition) is 1. The average Bonchev–Trinajstić information content (AvgIpc) is 2.58. The number of nitrogens with one attached hydrogen (secondary N) is 1. The quantitative estimate of drug-likeness (QED) is 0.788. The molecule has 1 N–H and O–H groups in total. The van der Waals surface area contributed by atoms with Crippen molar-refractivity contribution >= 4 is 22.5 Å². The van der Waals surface area contributed by atoms with Crippen molar-refractivity contribution in [3.8, 4) is 6.07 Å². The van der Waals surface area contributed by atoms with E-state index in [9.17, 15) is 14.0 Å². The van der Waals surface area contributed by atoms with Crippen LogP contribution in [-0.2, 0) is 7.05 Å². The number of aromatic nitrogens is 1. The number of nitriles is 1. The SMILES string of the molecule is Cn1cc(C(=O)Nc2ccccc2C#N)c(=O)c2cc(F)ccc21. The number of hydrogen-bond acceptors (Lipinski definition) is 3. The Balaban J connectivity index is 2.09. The van der Waals surface area contributed by atoms with Gasteiger partial charge in [-0.1, -0.05) is 12.1 Å². The molecule has 0 aliphatic heterocycles. The molecule has 1 aromatic heterocycles. The van der Waals surface area contributed by atoms with E-state index in [1.807, 2.05) is 6.07 Å². The molecule has 2 aromatic carbocycles. The molecule has 0 unspecified atom stereocenters. The maximum Gasteiger partial charge on any atom is 0.261 e. The smallest absolute Gasteiger partial charge is 0.261 e. The molecule has 0 fully saturated rings. The second kappa shape index (κ2) is 5.97. The van der Waals surface area contributed by atoms with Gasteiger partial charge >= 0.3 is 0 Å². The minimum Gasteiger partial charge on any atom is -0.350 e. The first kappa shape index (κ1) is 15.4. The molecule has 5 nitrogen and oxygen atoms in total. The van der Waals surface area contributed by atoms with E-state index in [0.717, 1.165) is 6.07 Å². The molecule has 0 aliphatic carbocycles. The standard InChI is InChI=1S/C18H12FN3O2/c1-22-10-14(17(23)13-8-12(19)6-7-16(13)22)18(24)21-15-5-3-2-4-11(15)9-20/h2-8,10H,1H3,(H,21,24). The minimum atomic E-state index is -0.649. The van der Waals surface area contributed by atoms with Crippen LogP contribution in [0.2, 0.25) is 0 Å². The number of anilines is 1. The van der Waals surface area contributed by atoms with Crippen molar-refractivity contribution < 1.29 is 9.18 Å². The van der Waals surface area contributed by atoms with E-state index >= 15 is 0 Å². The molecular weight excluding hydrogens is 309 g/mol. The molecule has 0 radical (unpaired) electrons. The first-order chi connectivity index (χ1) is 11.5. The summed E-state index contributed by atoms with van der Waals surface area (Å²) >= 11 is 0. The number of fused-ring (bicyclic) bond motifs is 1. The Kier molecular flexibility index (Phi) is 3.84. The topological polar surface area (TPSA) is 74.9 Å². The minimum absolute atomic E-state index is 0.122. The van der Waals surface area contributed by atoms with Crippen LogP contribution in [0, 0.1) is 17.1 Å². The first-order valence-electron chi connectivity index (χ1n) is 7.10. The third-order valence-corrected chi connectivity index (χ3v) is 3.69. The lowest BCUT2D eigenvalue weighted by atomic mass is 10.1. The highest BCUT2D eigenvalue weighted by molar-refractivity contribution is 6.06. The van der Waals surface area contributed by atoms with Crippen molar-refractivity contribution in [2.45, 2.75) is 0 Å². The highest BCUT2D eigenvalue weighted by Crippen LogP contribution is 2.16. The summed E-state index contributed by atoms with van der Waals surface area (Å²) in [5, 5.41) is 11.7. The van der Waals surface area contributed by atoms with Gasteiger partial charge in [-0.3, -0.25) is 9.59 Å². The lowest BCUT2D eigenvalue weighted by molar-refractivity contribution is 0.102. The molecule has 1 amide bonds. The lowest BCUT2D eigenvalue weighted by Crippen LogP contribution is -2.23. The second-order valence-corrected chi connectivity index (χ2v) is 5.26. The summed E-state index contributed by atoms with van der Waals surface area (Å²) in [7, 11) is 1.67. The summed E-state index contributed by atoms with van der Waals surface area (Å²) in [4.78, 5) is 25.0. The van der Waals surface area contributed by atoms with Gasteiger partial charge < -0.3 is 9.88 Å². The van der Waals surface area contributed by atoms with Crippen LogP contribution in [0.5, 0.6) is 0 Å². The lowest BCUT2D eigenvalue weighted by Gasteiger charge is -2.10. The van der Waals surface area contributed by atoms with Crippen molar-refractivity contribution in [3.05, 3.63) is 75.8 Å². The zero-order valence-electron chi connectivity index (χ0n) is 12.7. The molecule has 0 aliphatic rings. The summed E-state index contributed by atoms with van der Waals surface area (Å²) in [5.41, 5.74) is 0.439. The molecule has 0 spiro atoms. The summed E-state index contributed by atoms with van der Waals surface area (Å²) in [5.74, 6) is -1.20. The molecule has 0 atom stereocenters. The van der Waals surface area contributed by atoms with Gasteiger partial charge in [0.2, 0.25) is 5.43 Å². The number of halogens is 1. The average molecular weight is 321 g/mol. The predicted octanol–water partition coefficient (Wildman–Crippen LogP) is 2.80. The van der Waals surface area contributed by atoms with E-state index in [2.05, 4.69) is 5.32 Å². The van der Waals surface area contributed by atoms with E-state index in [4.69, 9.17) is 5.26 Å². The number of benzene rings is 2. The van der Waals surface area contributed by atoms with Crippen LogP contribution in [-0.4, -0.2) is 10.5 Å². The fourth-order valence-electron chi connectivity index (χ4n) is 2.51. The van der Waals surface area contributed by atoms with Gasteiger partial charge in [-0.2, -0.15) is 5.26 Å².